The fraction of sp³-hybridized carbons (Fsp3) is 0.333. The molecule has 0 fully saturated rings. The lowest BCUT2D eigenvalue weighted by molar-refractivity contribution is -0.154. The van der Waals surface area contributed by atoms with E-state index in [2.05, 4.69) is 9.72 Å². The number of aromatic nitrogens is 1. The highest BCUT2D eigenvalue weighted by atomic mass is 19.4. The lowest BCUT2D eigenvalue weighted by Gasteiger charge is -2.19. The number of carbonyl (C=O) groups excluding carboxylic acids is 1. The van der Waals surface area contributed by atoms with Gasteiger partial charge in [0.15, 0.2) is 6.10 Å². The van der Waals surface area contributed by atoms with E-state index in [1.807, 2.05) is 0 Å². The monoisotopic (exact) mass is 481 g/mol. The molecule has 3 rings (SSSR count). The van der Waals surface area contributed by atoms with Crippen molar-refractivity contribution >= 4 is 5.97 Å². The molecule has 1 heterocycles. The highest BCUT2D eigenvalue weighted by molar-refractivity contribution is 5.75. The van der Waals surface area contributed by atoms with E-state index >= 15 is 0 Å². The smallest absolute Gasteiger partial charge is 0.416 e. The molecule has 10 heteroatoms. The number of ether oxygens (including phenoxy) is 3. The molecule has 0 bridgehead atoms. The summed E-state index contributed by atoms with van der Waals surface area (Å²) in [7, 11) is 1.14. The van der Waals surface area contributed by atoms with Gasteiger partial charge >= 0.3 is 12.1 Å². The summed E-state index contributed by atoms with van der Waals surface area (Å²) in [5, 5.41) is 0. The largest absolute Gasteiger partial charge is 0.487 e. The van der Waals surface area contributed by atoms with Crippen LogP contribution in [0.4, 0.5) is 17.6 Å². The number of benzene rings is 2. The number of aryl methyl sites for hydroxylation is 1. The van der Waals surface area contributed by atoms with Crippen molar-refractivity contribution in [1.82, 2.24) is 4.98 Å². The van der Waals surface area contributed by atoms with Crippen molar-refractivity contribution in [3.63, 3.8) is 0 Å². The zero-order valence-electron chi connectivity index (χ0n) is 18.7. The van der Waals surface area contributed by atoms with Crippen molar-refractivity contribution < 1.29 is 41.0 Å². The molecule has 34 heavy (non-hydrogen) atoms. The molecule has 0 amide bonds. The lowest BCUT2D eigenvalue weighted by Crippen LogP contribution is -2.29. The van der Waals surface area contributed by atoms with Gasteiger partial charge in [-0.1, -0.05) is 18.2 Å². The normalized spacial score (nSPS) is 12.4. The van der Waals surface area contributed by atoms with Crippen LogP contribution in [0, 0.1) is 12.7 Å². The van der Waals surface area contributed by atoms with Crippen LogP contribution in [0.25, 0.3) is 11.5 Å². The van der Waals surface area contributed by atoms with Crippen molar-refractivity contribution in [2.24, 2.45) is 0 Å². The summed E-state index contributed by atoms with van der Waals surface area (Å²) in [6, 6.07) is 9.37. The topological polar surface area (TPSA) is 70.8 Å². The molecule has 0 aliphatic rings. The highest BCUT2D eigenvalue weighted by Crippen LogP contribution is 2.35. The van der Waals surface area contributed by atoms with Gasteiger partial charge in [0.2, 0.25) is 5.89 Å². The van der Waals surface area contributed by atoms with Crippen molar-refractivity contribution in [2.45, 2.75) is 39.2 Å². The number of nitrogens with zero attached hydrogens (tertiary/aromatic N) is 1. The molecule has 1 aromatic heterocycles. The van der Waals surface area contributed by atoms with Gasteiger partial charge in [-0.05, 0) is 43.7 Å². The number of hydrogen-bond donors (Lipinski definition) is 0. The van der Waals surface area contributed by atoms with Gasteiger partial charge in [0.05, 0.1) is 18.2 Å². The Morgan fingerprint density at radius 3 is 2.56 bits per heavy atom. The van der Waals surface area contributed by atoms with Crippen LogP contribution < -0.4 is 4.74 Å². The first kappa shape index (κ1) is 25.2. The number of esters is 1. The number of oxazole rings is 1. The number of methoxy groups -OCH3 is 1. The minimum atomic E-state index is -4.69. The third kappa shape index (κ3) is 5.93. The molecule has 0 unspecified atom stereocenters. The molecule has 6 nitrogen and oxygen atoms in total. The summed E-state index contributed by atoms with van der Waals surface area (Å²) in [5.74, 6) is -0.938. The second-order valence-electron chi connectivity index (χ2n) is 7.28. The predicted octanol–water partition coefficient (Wildman–Crippen LogP) is 5.51. The fourth-order valence-electron chi connectivity index (χ4n) is 3.29. The Balaban J connectivity index is 1.81. The van der Waals surface area contributed by atoms with E-state index in [9.17, 15) is 22.4 Å². The van der Waals surface area contributed by atoms with Gasteiger partial charge in [-0.3, -0.25) is 0 Å². The zero-order valence-corrected chi connectivity index (χ0v) is 18.7. The Morgan fingerprint density at radius 1 is 1.18 bits per heavy atom. The van der Waals surface area contributed by atoms with Crippen LogP contribution >= 0.6 is 0 Å². The third-order valence-corrected chi connectivity index (χ3v) is 5.00. The first-order chi connectivity index (χ1) is 16.1. The highest BCUT2D eigenvalue weighted by Gasteiger charge is 2.35. The van der Waals surface area contributed by atoms with E-state index < -0.39 is 29.6 Å². The van der Waals surface area contributed by atoms with Crippen LogP contribution in [-0.4, -0.2) is 30.8 Å². The maximum atomic E-state index is 14.0. The summed E-state index contributed by atoms with van der Waals surface area (Å²) in [4.78, 5) is 16.1. The zero-order chi connectivity index (χ0) is 24.9. The molecule has 0 saturated carbocycles. The maximum absolute atomic E-state index is 14.0. The van der Waals surface area contributed by atoms with Crippen LogP contribution in [0.15, 0.2) is 46.9 Å². The van der Waals surface area contributed by atoms with Crippen LogP contribution in [0.3, 0.4) is 0 Å². The average Bonchev–Trinajstić information content (AvgIpc) is 3.17. The molecule has 0 aliphatic carbocycles. The predicted molar refractivity (Wildman–Crippen MR) is 114 cm³/mol. The van der Waals surface area contributed by atoms with Gasteiger partial charge in [0.25, 0.3) is 0 Å². The van der Waals surface area contributed by atoms with Gasteiger partial charge in [-0.15, -0.1) is 0 Å². The molecule has 0 N–H and O–H groups in total. The fourth-order valence-corrected chi connectivity index (χ4v) is 3.29. The van der Waals surface area contributed by atoms with E-state index in [4.69, 9.17) is 13.9 Å². The number of hydrogen-bond acceptors (Lipinski definition) is 6. The van der Waals surface area contributed by atoms with Crippen LogP contribution in [0.1, 0.15) is 29.5 Å². The Kier molecular flexibility index (Phi) is 7.93. The molecule has 0 radical (unpaired) electrons. The molecular formula is C24H23F4NO5. The first-order valence-corrected chi connectivity index (χ1v) is 10.4. The molecule has 1 atom stereocenters. The standard InChI is InChI=1S/C24H23F4NO5/c1-4-32-21(23(30)31-3)11-15-9-10-16(12-18(15)24(26,27)28)33-13-20-14(2)34-22(29-20)17-7-5-6-8-19(17)25/h5-10,12,21H,4,11,13H2,1-3H3/t21-/m0/s1. The van der Waals surface area contributed by atoms with E-state index in [-0.39, 0.29) is 42.4 Å². The van der Waals surface area contributed by atoms with Crippen molar-refractivity contribution in [3.8, 4) is 17.2 Å². The van der Waals surface area contributed by atoms with Gasteiger partial charge in [-0.2, -0.15) is 13.2 Å². The van der Waals surface area contributed by atoms with E-state index in [0.717, 1.165) is 13.2 Å². The molecule has 182 valence electrons. The van der Waals surface area contributed by atoms with Gasteiger partial charge in [0, 0.05) is 13.0 Å². The number of carbonyl (C=O) groups is 1. The van der Waals surface area contributed by atoms with Gasteiger partial charge in [0.1, 0.15) is 29.6 Å². The molecule has 3 aromatic rings. The Hall–Kier alpha value is -3.40. The van der Waals surface area contributed by atoms with Crippen molar-refractivity contribution in [3.05, 3.63) is 70.9 Å². The SMILES string of the molecule is CCO[C@@H](Cc1ccc(OCc2nc(-c3ccccc3F)oc2C)cc1C(F)(F)F)C(=O)OC. The first-order valence-electron chi connectivity index (χ1n) is 10.4. The molecule has 2 aromatic carbocycles. The summed E-state index contributed by atoms with van der Waals surface area (Å²) in [6.45, 7) is 3.17. The second-order valence-corrected chi connectivity index (χ2v) is 7.28. The Morgan fingerprint density at radius 2 is 1.91 bits per heavy atom. The Labute approximate surface area is 193 Å². The van der Waals surface area contributed by atoms with Crippen LogP contribution in [-0.2, 0) is 33.5 Å². The molecule has 0 aliphatic heterocycles. The average molecular weight is 481 g/mol. The number of halogens is 4. The maximum Gasteiger partial charge on any atom is 0.416 e. The Bertz CT molecular complexity index is 1140. The number of alkyl halides is 3. The summed E-state index contributed by atoms with van der Waals surface area (Å²) in [5.41, 5.74) is -0.612. The van der Waals surface area contributed by atoms with Crippen molar-refractivity contribution in [1.29, 1.82) is 0 Å². The third-order valence-electron chi connectivity index (χ3n) is 5.00. The molecule has 0 saturated heterocycles. The quantitative estimate of drug-likeness (QED) is 0.297. The van der Waals surface area contributed by atoms with Crippen LogP contribution in [0.2, 0.25) is 0 Å². The van der Waals surface area contributed by atoms with E-state index in [1.165, 1.54) is 30.3 Å². The summed E-state index contributed by atoms with van der Waals surface area (Å²) < 4.78 is 76.1. The van der Waals surface area contributed by atoms with Gasteiger partial charge < -0.3 is 18.6 Å². The molecular weight excluding hydrogens is 458 g/mol. The summed E-state index contributed by atoms with van der Waals surface area (Å²) >= 11 is 0. The minimum Gasteiger partial charge on any atom is -0.487 e. The molecule has 0 spiro atoms. The van der Waals surface area contributed by atoms with Crippen LogP contribution in [0.5, 0.6) is 5.75 Å². The van der Waals surface area contributed by atoms with E-state index in [1.54, 1.807) is 19.9 Å². The summed E-state index contributed by atoms with van der Waals surface area (Å²) in [6.07, 6.45) is -6.18. The van der Waals surface area contributed by atoms with Gasteiger partial charge in [-0.25, -0.2) is 14.2 Å². The lowest BCUT2D eigenvalue weighted by atomic mass is 10.0. The van der Waals surface area contributed by atoms with E-state index in [0.29, 0.717) is 11.5 Å². The number of rotatable bonds is 9. The minimum absolute atomic E-state index is 0.0466. The van der Waals surface area contributed by atoms with Crippen molar-refractivity contribution in [2.75, 3.05) is 13.7 Å². The second kappa shape index (κ2) is 10.7.